The molecule has 0 aliphatic carbocycles. The summed E-state index contributed by atoms with van der Waals surface area (Å²) in [4.78, 5) is 14.0. The zero-order valence-corrected chi connectivity index (χ0v) is 15.4. The molecular formula is C18H19NO6S. The van der Waals surface area contributed by atoms with Gasteiger partial charge in [-0.3, -0.25) is 9.69 Å². The Hall–Kier alpha value is -2.74. The lowest BCUT2D eigenvalue weighted by molar-refractivity contribution is -0.115. The van der Waals surface area contributed by atoms with Crippen molar-refractivity contribution < 1.29 is 28.7 Å². The van der Waals surface area contributed by atoms with Crippen LogP contribution in [0.15, 0.2) is 34.1 Å². The number of fused-ring (bicyclic) bond motifs is 2. The highest BCUT2D eigenvalue weighted by atomic mass is 32.2. The second kappa shape index (κ2) is 6.87. The molecule has 0 aromatic heterocycles. The number of amides is 1. The van der Waals surface area contributed by atoms with E-state index in [4.69, 9.17) is 9.47 Å². The van der Waals surface area contributed by atoms with Gasteiger partial charge in [0.1, 0.15) is 16.4 Å². The number of anilines is 2. The first-order valence-electron chi connectivity index (χ1n) is 8.11. The SMILES string of the molecule is CCOc1ccc(N(C(C)=O)c2cc3c(OCC)c(c2O)S3=O)c(O)c1. The van der Waals surface area contributed by atoms with Crippen LogP contribution in [-0.2, 0) is 15.6 Å². The lowest BCUT2D eigenvalue weighted by Crippen LogP contribution is -2.25. The molecule has 2 aliphatic rings. The summed E-state index contributed by atoms with van der Waals surface area (Å²) in [6, 6.07) is 5.98. The number of hydrogen-bond donors (Lipinski definition) is 2. The summed E-state index contributed by atoms with van der Waals surface area (Å²) in [5.74, 6) is -0.0581. The van der Waals surface area contributed by atoms with Crippen LogP contribution in [0.25, 0.3) is 0 Å². The third-order valence-electron chi connectivity index (χ3n) is 3.88. The van der Waals surface area contributed by atoms with Gasteiger partial charge in [0.2, 0.25) is 5.91 Å². The minimum Gasteiger partial charge on any atom is -0.506 e. The molecule has 0 fully saturated rings. The van der Waals surface area contributed by atoms with Crippen LogP contribution in [0.1, 0.15) is 20.8 Å². The Balaban J connectivity index is 2.09. The van der Waals surface area contributed by atoms with E-state index in [0.29, 0.717) is 29.6 Å². The lowest BCUT2D eigenvalue weighted by Gasteiger charge is -2.30. The summed E-state index contributed by atoms with van der Waals surface area (Å²) >= 11 is 0. The summed E-state index contributed by atoms with van der Waals surface area (Å²) < 4.78 is 22.9. The maximum atomic E-state index is 12.2. The number of carbonyl (C=O) groups is 1. The number of ether oxygens (including phenoxy) is 2. The van der Waals surface area contributed by atoms with Gasteiger partial charge in [-0.05, 0) is 32.0 Å². The number of carbonyl (C=O) groups excluding carboxylic acids is 1. The number of aromatic hydroxyl groups is 2. The number of hydrogen-bond acceptors (Lipinski definition) is 6. The van der Waals surface area contributed by atoms with Gasteiger partial charge in [-0.25, -0.2) is 4.21 Å². The van der Waals surface area contributed by atoms with Gasteiger partial charge in [0.25, 0.3) is 0 Å². The van der Waals surface area contributed by atoms with Crippen molar-refractivity contribution in [2.75, 3.05) is 18.1 Å². The third kappa shape index (κ3) is 2.76. The van der Waals surface area contributed by atoms with Crippen molar-refractivity contribution in [2.24, 2.45) is 0 Å². The Bertz CT molecular complexity index is 911. The van der Waals surface area contributed by atoms with E-state index in [0.717, 1.165) is 0 Å². The van der Waals surface area contributed by atoms with Crippen LogP contribution in [0.2, 0.25) is 0 Å². The molecule has 0 saturated carbocycles. The smallest absolute Gasteiger partial charge is 0.228 e. The number of nitrogens with zero attached hydrogens (tertiary/aromatic N) is 1. The standard InChI is InChI=1S/C18H19NO6S/c1-4-24-11-6-7-12(14(21)8-11)19(10(3)20)13-9-15-17(25-5-2)18(16(13)22)26(15)23/h6-9,21-22H,4-5H2,1-3H3. The first-order valence-corrected chi connectivity index (χ1v) is 9.26. The van der Waals surface area contributed by atoms with Crippen molar-refractivity contribution in [1.29, 1.82) is 0 Å². The number of benzene rings is 2. The van der Waals surface area contributed by atoms with Crippen LogP contribution in [0, 0.1) is 0 Å². The Morgan fingerprint density at radius 2 is 1.81 bits per heavy atom. The Kier molecular flexibility index (Phi) is 4.78. The molecule has 0 saturated heterocycles. The van der Waals surface area contributed by atoms with Crippen LogP contribution in [0.4, 0.5) is 11.4 Å². The molecule has 0 radical (unpaired) electrons. The van der Waals surface area contributed by atoms with Crippen LogP contribution >= 0.6 is 0 Å². The Morgan fingerprint density at radius 1 is 1.12 bits per heavy atom. The van der Waals surface area contributed by atoms with Crippen LogP contribution in [-0.4, -0.2) is 33.5 Å². The molecule has 2 aromatic rings. The van der Waals surface area contributed by atoms with Crippen molar-refractivity contribution in [3.8, 4) is 23.0 Å². The average Bonchev–Trinajstić information content (AvgIpc) is 2.58. The molecule has 2 N–H and O–H groups in total. The Labute approximate surface area is 153 Å². The van der Waals surface area contributed by atoms with Crippen molar-refractivity contribution in [2.45, 2.75) is 30.6 Å². The summed E-state index contributed by atoms with van der Waals surface area (Å²) in [6.45, 7) is 5.72. The average molecular weight is 377 g/mol. The lowest BCUT2D eigenvalue weighted by atomic mass is 10.2. The number of rotatable bonds is 6. The molecule has 2 aliphatic heterocycles. The fourth-order valence-electron chi connectivity index (χ4n) is 2.84. The fourth-order valence-corrected chi connectivity index (χ4v) is 4.07. The van der Waals surface area contributed by atoms with Crippen LogP contribution in [0.3, 0.4) is 0 Å². The van der Waals surface area contributed by atoms with Gasteiger partial charge in [-0.15, -0.1) is 0 Å². The van der Waals surface area contributed by atoms with E-state index in [1.165, 1.54) is 30.0 Å². The van der Waals surface area contributed by atoms with Gasteiger partial charge >= 0.3 is 0 Å². The molecule has 1 unspecified atom stereocenters. The quantitative estimate of drug-likeness (QED) is 0.685. The second-order valence-electron chi connectivity index (χ2n) is 5.54. The van der Waals surface area contributed by atoms with Crippen LogP contribution < -0.4 is 14.4 Å². The van der Waals surface area contributed by atoms with E-state index in [-0.39, 0.29) is 27.8 Å². The Morgan fingerprint density at radius 3 is 2.35 bits per heavy atom. The minimum absolute atomic E-state index is 0.144. The zero-order chi connectivity index (χ0) is 19.0. The largest absolute Gasteiger partial charge is 0.506 e. The molecule has 1 amide bonds. The first kappa shape index (κ1) is 18.1. The van der Waals surface area contributed by atoms with Crippen molar-refractivity contribution in [1.82, 2.24) is 0 Å². The van der Waals surface area contributed by atoms with Crippen molar-refractivity contribution >= 4 is 28.1 Å². The molecule has 2 aromatic carbocycles. The molecule has 2 heterocycles. The van der Waals surface area contributed by atoms with E-state index >= 15 is 0 Å². The predicted molar refractivity (Wildman–Crippen MR) is 96.0 cm³/mol. The van der Waals surface area contributed by atoms with Crippen LogP contribution in [0.5, 0.6) is 23.0 Å². The molecule has 7 nitrogen and oxygen atoms in total. The molecule has 8 heteroatoms. The second-order valence-corrected chi connectivity index (χ2v) is 6.93. The first-order chi connectivity index (χ1) is 12.4. The highest BCUT2D eigenvalue weighted by Gasteiger charge is 2.38. The van der Waals surface area contributed by atoms with Gasteiger partial charge in [0, 0.05) is 13.0 Å². The normalized spacial score (nSPS) is 14.5. The monoisotopic (exact) mass is 377 g/mol. The zero-order valence-electron chi connectivity index (χ0n) is 14.6. The van der Waals surface area contributed by atoms with Gasteiger partial charge in [0.15, 0.2) is 11.5 Å². The van der Waals surface area contributed by atoms with Gasteiger partial charge in [-0.2, -0.15) is 0 Å². The number of phenols is 2. The highest BCUT2D eigenvalue weighted by Crippen LogP contribution is 2.54. The summed E-state index contributed by atoms with van der Waals surface area (Å²) in [5, 5.41) is 20.9. The summed E-state index contributed by atoms with van der Waals surface area (Å²) in [7, 11) is -1.48. The highest BCUT2D eigenvalue weighted by molar-refractivity contribution is 7.86. The predicted octanol–water partition coefficient (Wildman–Crippen LogP) is 3.06. The minimum atomic E-state index is -1.48. The fraction of sp³-hybridized carbons (Fsp3) is 0.278. The molecule has 0 spiro atoms. The third-order valence-corrected chi connectivity index (χ3v) is 5.34. The summed E-state index contributed by atoms with van der Waals surface area (Å²) in [6.07, 6.45) is 0. The molecule has 26 heavy (non-hydrogen) atoms. The topological polar surface area (TPSA) is 96.3 Å². The number of phenolic OH excluding ortho intramolecular Hbond substituents is 2. The van der Waals surface area contributed by atoms with E-state index < -0.39 is 16.7 Å². The van der Waals surface area contributed by atoms with E-state index in [9.17, 15) is 19.2 Å². The maximum Gasteiger partial charge on any atom is 0.228 e. The van der Waals surface area contributed by atoms with E-state index in [1.54, 1.807) is 13.0 Å². The molecular weight excluding hydrogens is 358 g/mol. The van der Waals surface area contributed by atoms with Crippen molar-refractivity contribution in [3.05, 3.63) is 24.3 Å². The summed E-state index contributed by atoms with van der Waals surface area (Å²) in [5.41, 5.74) is 0.329. The van der Waals surface area contributed by atoms with Gasteiger partial charge in [-0.1, -0.05) is 0 Å². The molecule has 4 rings (SSSR count). The van der Waals surface area contributed by atoms with E-state index in [2.05, 4.69) is 0 Å². The molecule has 138 valence electrons. The van der Waals surface area contributed by atoms with Crippen molar-refractivity contribution in [3.63, 3.8) is 0 Å². The molecule has 2 bridgehead atoms. The van der Waals surface area contributed by atoms with E-state index in [1.807, 2.05) is 6.92 Å². The maximum absolute atomic E-state index is 12.2. The van der Waals surface area contributed by atoms with Gasteiger partial charge in [0.05, 0.1) is 40.3 Å². The van der Waals surface area contributed by atoms with Gasteiger partial charge < -0.3 is 19.7 Å². The molecule has 1 atom stereocenters.